The molecule has 0 spiro atoms. The molecule has 3 nitrogen and oxygen atoms in total. The summed E-state index contributed by atoms with van der Waals surface area (Å²) in [4.78, 5) is 2.68. The summed E-state index contributed by atoms with van der Waals surface area (Å²) >= 11 is 0. The van der Waals surface area contributed by atoms with Crippen LogP contribution in [0.3, 0.4) is 0 Å². The molecular formula is C17H32N2O. The van der Waals surface area contributed by atoms with Crippen LogP contribution in [0.15, 0.2) is 0 Å². The zero-order chi connectivity index (χ0) is 13.9. The largest absolute Gasteiger partial charge is 0.374 e. The van der Waals surface area contributed by atoms with Crippen molar-refractivity contribution in [3.63, 3.8) is 0 Å². The summed E-state index contributed by atoms with van der Waals surface area (Å²) in [6.07, 6.45) is 10.1. The van der Waals surface area contributed by atoms with E-state index in [0.717, 1.165) is 31.0 Å². The van der Waals surface area contributed by atoms with Crippen LogP contribution in [-0.2, 0) is 4.74 Å². The highest BCUT2D eigenvalue weighted by molar-refractivity contribution is 4.93. The van der Waals surface area contributed by atoms with Gasteiger partial charge >= 0.3 is 0 Å². The molecule has 3 aliphatic rings. The van der Waals surface area contributed by atoms with Crippen molar-refractivity contribution in [2.24, 2.45) is 11.8 Å². The summed E-state index contributed by atoms with van der Waals surface area (Å²) in [6, 6.07) is 1.28. The molecule has 0 aromatic carbocycles. The zero-order valence-electron chi connectivity index (χ0n) is 13.3. The molecule has 3 fully saturated rings. The Balaban J connectivity index is 1.60. The highest BCUT2D eigenvalue weighted by Crippen LogP contribution is 2.35. The van der Waals surface area contributed by atoms with Crippen molar-refractivity contribution in [1.29, 1.82) is 0 Å². The van der Waals surface area contributed by atoms with Crippen molar-refractivity contribution in [2.45, 2.75) is 70.1 Å². The second-order valence-electron chi connectivity index (χ2n) is 7.18. The second kappa shape index (κ2) is 6.76. The molecule has 0 aromatic rings. The molecule has 5 atom stereocenters. The van der Waals surface area contributed by atoms with Crippen molar-refractivity contribution < 1.29 is 4.74 Å². The molecule has 0 radical (unpaired) electrons. The molecule has 2 aliphatic heterocycles. The fourth-order valence-electron chi connectivity index (χ4n) is 4.81. The fourth-order valence-corrected chi connectivity index (χ4v) is 4.81. The minimum Gasteiger partial charge on any atom is -0.374 e. The van der Waals surface area contributed by atoms with Crippen LogP contribution in [0.2, 0.25) is 0 Å². The Morgan fingerprint density at radius 1 is 1.25 bits per heavy atom. The third-order valence-electron chi connectivity index (χ3n) is 6.06. The standard InChI is InChI=1S/C17H32N2O/c1-3-13-6-4-7-14(10-13)17(18-2)16-11-19-9-5-8-15(19)12-20-16/h13-18H,3-12H2,1-2H3. The Bertz CT molecular complexity index is 309. The van der Waals surface area contributed by atoms with Gasteiger partial charge in [-0.05, 0) is 51.1 Å². The van der Waals surface area contributed by atoms with Gasteiger partial charge in [-0.15, -0.1) is 0 Å². The topological polar surface area (TPSA) is 24.5 Å². The normalized spacial score (nSPS) is 40.5. The van der Waals surface area contributed by atoms with Crippen molar-refractivity contribution in [2.75, 3.05) is 26.7 Å². The quantitative estimate of drug-likeness (QED) is 0.857. The number of hydrogen-bond donors (Lipinski definition) is 1. The van der Waals surface area contributed by atoms with Crippen molar-refractivity contribution in [3.05, 3.63) is 0 Å². The summed E-state index contributed by atoms with van der Waals surface area (Å²) in [5.41, 5.74) is 0. The highest BCUT2D eigenvalue weighted by atomic mass is 16.5. The van der Waals surface area contributed by atoms with E-state index in [9.17, 15) is 0 Å². The number of likely N-dealkylation sites (N-methyl/N-ethyl adjacent to an activating group) is 1. The highest BCUT2D eigenvalue weighted by Gasteiger charge is 2.39. The maximum Gasteiger partial charge on any atom is 0.0858 e. The number of rotatable bonds is 4. The van der Waals surface area contributed by atoms with Crippen LogP contribution in [0.25, 0.3) is 0 Å². The van der Waals surface area contributed by atoms with E-state index in [2.05, 4.69) is 24.2 Å². The average Bonchev–Trinajstić information content (AvgIpc) is 2.96. The van der Waals surface area contributed by atoms with Crippen LogP contribution in [-0.4, -0.2) is 49.8 Å². The molecule has 5 unspecified atom stereocenters. The Kier molecular flexibility index (Phi) is 5.00. The Hall–Kier alpha value is -0.120. The van der Waals surface area contributed by atoms with Crippen LogP contribution in [0.5, 0.6) is 0 Å². The number of ether oxygens (including phenoxy) is 1. The van der Waals surface area contributed by atoms with E-state index >= 15 is 0 Å². The van der Waals surface area contributed by atoms with Crippen molar-refractivity contribution >= 4 is 0 Å². The molecule has 0 bridgehead atoms. The Morgan fingerprint density at radius 3 is 2.95 bits per heavy atom. The first-order valence-corrected chi connectivity index (χ1v) is 8.84. The van der Waals surface area contributed by atoms with Crippen LogP contribution in [0.4, 0.5) is 0 Å². The van der Waals surface area contributed by atoms with Gasteiger partial charge in [-0.3, -0.25) is 4.90 Å². The second-order valence-corrected chi connectivity index (χ2v) is 7.18. The summed E-state index contributed by atoms with van der Waals surface area (Å²) in [6.45, 7) is 5.77. The van der Waals surface area contributed by atoms with Crippen LogP contribution in [0.1, 0.15) is 51.9 Å². The molecule has 20 heavy (non-hydrogen) atoms. The van der Waals surface area contributed by atoms with Crippen molar-refractivity contribution in [1.82, 2.24) is 10.2 Å². The van der Waals surface area contributed by atoms with Crippen molar-refractivity contribution in [3.8, 4) is 0 Å². The van der Waals surface area contributed by atoms with Gasteiger partial charge in [-0.2, -0.15) is 0 Å². The lowest BCUT2D eigenvalue weighted by molar-refractivity contribution is -0.0761. The van der Waals surface area contributed by atoms with E-state index in [1.165, 1.54) is 51.5 Å². The van der Waals surface area contributed by atoms with E-state index in [-0.39, 0.29) is 0 Å². The Morgan fingerprint density at radius 2 is 2.15 bits per heavy atom. The van der Waals surface area contributed by atoms with Gasteiger partial charge in [0, 0.05) is 18.6 Å². The molecule has 0 aromatic heterocycles. The van der Waals surface area contributed by atoms with Gasteiger partial charge in [0.25, 0.3) is 0 Å². The third-order valence-corrected chi connectivity index (χ3v) is 6.06. The summed E-state index contributed by atoms with van der Waals surface area (Å²) in [5, 5.41) is 3.61. The first kappa shape index (κ1) is 14.8. The lowest BCUT2D eigenvalue weighted by atomic mass is 9.75. The SMILES string of the molecule is CCC1CCCC(C(NC)C2CN3CCCC3CO2)C1. The Labute approximate surface area is 124 Å². The maximum atomic E-state index is 6.26. The first-order valence-electron chi connectivity index (χ1n) is 8.84. The maximum absolute atomic E-state index is 6.26. The number of nitrogens with zero attached hydrogens (tertiary/aromatic N) is 1. The first-order chi connectivity index (χ1) is 9.81. The third kappa shape index (κ3) is 3.05. The number of fused-ring (bicyclic) bond motifs is 1. The van der Waals surface area contributed by atoms with Gasteiger partial charge in [0.05, 0.1) is 12.7 Å². The summed E-state index contributed by atoms with van der Waals surface area (Å²) in [7, 11) is 2.14. The number of morpholine rings is 1. The van der Waals surface area contributed by atoms with Gasteiger partial charge in [0.15, 0.2) is 0 Å². The molecule has 2 saturated heterocycles. The smallest absolute Gasteiger partial charge is 0.0858 e. The lowest BCUT2D eigenvalue weighted by Crippen LogP contribution is -2.56. The van der Waals surface area contributed by atoms with E-state index < -0.39 is 0 Å². The van der Waals surface area contributed by atoms with Gasteiger partial charge in [-0.25, -0.2) is 0 Å². The van der Waals surface area contributed by atoms with Gasteiger partial charge < -0.3 is 10.1 Å². The zero-order valence-corrected chi connectivity index (χ0v) is 13.3. The van der Waals surface area contributed by atoms with Gasteiger partial charge in [0.1, 0.15) is 0 Å². The van der Waals surface area contributed by atoms with Crippen LogP contribution in [0, 0.1) is 11.8 Å². The minimum atomic E-state index is 0.412. The predicted molar refractivity (Wildman–Crippen MR) is 82.9 cm³/mol. The molecular weight excluding hydrogens is 248 g/mol. The van der Waals surface area contributed by atoms with E-state index in [4.69, 9.17) is 4.74 Å². The average molecular weight is 280 g/mol. The molecule has 1 saturated carbocycles. The van der Waals surface area contributed by atoms with Crippen LogP contribution >= 0.6 is 0 Å². The monoisotopic (exact) mass is 280 g/mol. The molecule has 3 rings (SSSR count). The summed E-state index contributed by atoms with van der Waals surface area (Å²) in [5.74, 6) is 1.77. The molecule has 1 N–H and O–H groups in total. The molecule has 2 heterocycles. The minimum absolute atomic E-state index is 0.412. The predicted octanol–water partition coefficient (Wildman–Crippen LogP) is 2.65. The summed E-state index contributed by atoms with van der Waals surface area (Å²) < 4.78 is 6.26. The number of hydrogen-bond acceptors (Lipinski definition) is 3. The van der Waals surface area contributed by atoms with E-state index in [0.29, 0.717) is 12.1 Å². The number of nitrogens with one attached hydrogen (secondary N) is 1. The van der Waals surface area contributed by atoms with Gasteiger partial charge in [-0.1, -0.05) is 26.2 Å². The lowest BCUT2D eigenvalue weighted by Gasteiger charge is -2.43. The van der Waals surface area contributed by atoms with E-state index in [1.807, 2.05) is 0 Å². The fraction of sp³-hybridized carbons (Fsp3) is 1.00. The van der Waals surface area contributed by atoms with E-state index in [1.54, 1.807) is 0 Å². The van der Waals surface area contributed by atoms with Gasteiger partial charge in [0.2, 0.25) is 0 Å². The molecule has 0 amide bonds. The molecule has 3 heteroatoms. The molecule has 1 aliphatic carbocycles. The van der Waals surface area contributed by atoms with Crippen LogP contribution < -0.4 is 5.32 Å². The molecule has 116 valence electrons.